The van der Waals surface area contributed by atoms with Crippen LogP contribution in [0.3, 0.4) is 0 Å². The van der Waals surface area contributed by atoms with Crippen molar-refractivity contribution in [2.75, 3.05) is 5.32 Å². The Morgan fingerprint density at radius 2 is 1.85 bits per heavy atom. The zero-order valence-corrected chi connectivity index (χ0v) is 12.9. The highest BCUT2D eigenvalue weighted by atomic mass is 79.9. The van der Waals surface area contributed by atoms with E-state index in [0.717, 1.165) is 21.3 Å². The lowest BCUT2D eigenvalue weighted by Gasteiger charge is -2.03. The fraction of sp³-hybridized carbons (Fsp3) is 0.118. The molecule has 1 aliphatic rings. The second-order valence-electron chi connectivity index (χ2n) is 5.05. The van der Waals surface area contributed by atoms with Crippen molar-refractivity contribution in [2.45, 2.75) is 13.8 Å². The molecule has 3 heteroatoms. The number of aryl methyl sites for hydroxylation is 2. The molecule has 100 valence electrons. The molecule has 1 heterocycles. The van der Waals surface area contributed by atoms with Gasteiger partial charge in [-0.3, -0.25) is 4.79 Å². The van der Waals surface area contributed by atoms with E-state index in [9.17, 15) is 4.79 Å². The molecule has 0 spiro atoms. The van der Waals surface area contributed by atoms with Crippen molar-refractivity contribution in [1.29, 1.82) is 0 Å². The van der Waals surface area contributed by atoms with E-state index < -0.39 is 0 Å². The molecule has 2 aromatic rings. The Bertz CT molecular complexity index is 747. The van der Waals surface area contributed by atoms with Gasteiger partial charge in [0.05, 0.1) is 0 Å². The van der Waals surface area contributed by atoms with Gasteiger partial charge in [0.15, 0.2) is 0 Å². The predicted octanol–water partition coefficient (Wildman–Crippen LogP) is 4.56. The van der Waals surface area contributed by atoms with Gasteiger partial charge in [-0.2, -0.15) is 0 Å². The van der Waals surface area contributed by atoms with E-state index in [0.29, 0.717) is 5.57 Å². The Kier molecular flexibility index (Phi) is 3.22. The number of amides is 1. The molecule has 0 saturated heterocycles. The summed E-state index contributed by atoms with van der Waals surface area (Å²) in [7, 11) is 0. The average Bonchev–Trinajstić information content (AvgIpc) is 2.70. The minimum Gasteiger partial charge on any atom is -0.321 e. The number of benzene rings is 2. The van der Waals surface area contributed by atoms with Crippen LogP contribution in [-0.4, -0.2) is 5.91 Å². The summed E-state index contributed by atoms with van der Waals surface area (Å²) < 4.78 is 0.971. The highest BCUT2D eigenvalue weighted by Crippen LogP contribution is 2.35. The van der Waals surface area contributed by atoms with E-state index in [2.05, 4.69) is 47.2 Å². The van der Waals surface area contributed by atoms with Gasteiger partial charge in [-0.15, -0.1) is 0 Å². The maximum atomic E-state index is 12.1. The van der Waals surface area contributed by atoms with Crippen molar-refractivity contribution in [1.82, 2.24) is 0 Å². The van der Waals surface area contributed by atoms with Gasteiger partial charge in [0.1, 0.15) is 0 Å². The normalized spacial score (nSPS) is 15.3. The summed E-state index contributed by atoms with van der Waals surface area (Å²) in [4.78, 5) is 12.1. The van der Waals surface area contributed by atoms with Gasteiger partial charge in [0, 0.05) is 21.3 Å². The molecule has 0 atom stereocenters. The minimum atomic E-state index is -0.0451. The first-order chi connectivity index (χ1) is 9.54. The molecule has 1 N–H and O–H groups in total. The summed E-state index contributed by atoms with van der Waals surface area (Å²) >= 11 is 3.45. The van der Waals surface area contributed by atoms with Gasteiger partial charge in [-0.1, -0.05) is 34.1 Å². The molecule has 0 fully saturated rings. The molecule has 2 aromatic carbocycles. The summed E-state index contributed by atoms with van der Waals surface area (Å²) in [6.45, 7) is 4.16. The lowest BCUT2D eigenvalue weighted by molar-refractivity contribution is -0.110. The van der Waals surface area contributed by atoms with Gasteiger partial charge in [0.2, 0.25) is 0 Å². The molecule has 0 aromatic heterocycles. The number of halogens is 1. The highest BCUT2D eigenvalue weighted by Gasteiger charge is 2.23. The lowest BCUT2D eigenvalue weighted by Crippen LogP contribution is -2.03. The largest absolute Gasteiger partial charge is 0.321 e. The number of anilines is 1. The van der Waals surface area contributed by atoms with Gasteiger partial charge < -0.3 is 5.32 Å². The van der Waals surface area contributed by atoms with Crippen LogP contribution in [-0.2, 0) is 4.79 Å². The zero-order chi connectivity index (χ0) is 14.3. The van der Waals surface area contributed by atoms with Crippen LogP contribution in [0.25, 0.3) is 11.6 Å². The van der Waals surface area contributed by atoms with Crippen molar-refractivity contribution < 1.29 is 4.79 Å². The second kappa shape index (κ2) is 4.91. The van der Waals surface area contributed by atoms with Crippen LogP contribution in [0.1, 0.15) is 22.3 Å². The Balaban J connectivity index is 2.10. The molecule has 2 nitrogen and oxygen atoms in total. The SMILES string of the molecule is Cc1ccc(/C=C2/C(=O)Nc3ccc(Br)cc32)cc1C. The smallest absolute Gasteiger partial charge is 0.256 e. The molecule has 3 rings (SSSR count). The summed E-state index contributed by atoms with van der Waals surface area (Å²) in [5, 5.41) is 2.89. The quantitative estimate of drug-likeness (QED) is 0.764. The first-order valence-corrected chi connectivity index (χ1v) is 7.24. The third-order valence-electron chi connectivity index (χ3n) is 3.61. The number of hydrogen-bond acceptors (Lipinski definition) is 1. The zero-order valence-electron chi connectivity index (χ0n) is 11.3. The Hall–Kier alpha value is -1.87. The molecule has 0 unspecified atom stereocenters. The van der Waals surface area contributed by atoms with Gasteiger partial charge in [-0.25, -0.2) is 0 Å². The number of fused-ring (bicyclic) bond motifs is 1. The third-order valence-corrected chi connectivity index (χ3v) is 4.10. The number of carbonyl (C=O) groups is 1. The fourth-order valence-electron chi connectivity index (χ4n) is 2.32. The average molecular weight is 328 g/mol. The van der Waals surface area contributed by atoms with Crippen molar-refractivity contribution in [2.24, 2.45) is 0 Å². The molecule has 0 saturated carbocycles. The van der Waals surface area contributed by atoms with Gasteiger partial charge in [0.25, 0.3) is 5.91 Å². The Labute approximate surface area is 126 Å². The molecular weight excluding hydrogens is 314 g/mol. The van der Waals surface area contributed by atoms with Crippen molar-refractivity contribution in [3.63, 3.8) is 0 Å². The molecule has 0 aliphatic carbocycles. The van der Waals surface area contributed by atoms with Crippen LogP contribution >= 0.6 is 15.9 Å². The summed E-state index contributed by atoms with van der Waals surface area (Å²) in [5.74, 6) is -0.0451. The first kappa shape index (κ1) is 13.1. The first-order valence-electron chi connectivity index (χ1n) is 6.45. The molecule has 0 radical (unpaired) electrons. The number of rotatable bonds is 1. The Morgan fingerprint density at radius 1 is 1.05 bits per heavy atom. The predicted molar refractivity (Wildman–Crippen MR) is 86.6 cm³/mol. The Morgan fingerprint density at radius 3 is 2.60 bits per heavy atom. The van der Waals surface area contributed by atoms with Crippen LogP contribution in [0, 0.1) is 13.8 Å². The van der Waals surface area contributed by atoms with E-state index >= 15 is 0 Å². The fourth-order valence-corrected chi connectivity index (χ4v) is 2.69. The third kappa shape index (κ3) is 2.29. The molecular formula is C17H14BrNO. The van der Waals surface area contributed by atoms with E-state index in [1.165, 1.54) is 11.1 Å². The van der Waals surface area contributed by atoms with Crippen LogP contribution in [0.5, 0.6) is 0 Å². The van der Waals surface area contributed by atoms with Crippen LogP contribution in [0.2, 0.25) is 0 Å². The lowest BCUT2D eigenvalue weighted by atomic mass is 10.0. The van der Waals surface area contributed by atoms with Crippen LogP contribution in [0.15, 0.2) is 40.9 Å². The molecule has 1 amide bonds. The summed E-state index contributed by atoms with van der Waals surface area (Å²) in [6, 6.07) is 12.0. The number of nitrogens with one attached hydrogen (secondary N) is 1. The highest BCUT2D eigenvalue weighted by molar-refractivity contribution is 9.10. The number of carbonyl (C=O) groups excluding carboxylic acids is 1. The molecule has 1 aliphatic heterocycles. The van der Waals surface area contributed by atoms with Gasteiger partial charge in [-0.05, 0) is 54.8 Å². The maximum absolute atomic E-state index is 12.1. The number of hydrogen-bond donors (Lipinski definition) is 1. The summed E-state index contributed by atoms with van der Waals surface area (Å²) in [5.41, 5.74) is 6.06. The van der Waals surface area contributed by atoms with Crippen molar-refractivity contribution >= 4 is 39.2 Å². The van der Waals surface area contributed by atoms with Crippen LogP contribution in [0.4, 0.5) is 5.69 Å². The molecule has 0 bridgehead atoms. The van der Waals surface area contributed by atoms with Crippen molar-refractivity contribution in [3.8, 4) is 0 Å². The van der Waals surface area contributed by atoms with E-state index in [-0.39, 0.29) is 5.91 Å². The summed E-state index contributed by atoms with van der Waals surface area (Å²) in [6.07, 6.45) is 1.94. The standard InChI is InChI=1S/C17H14BrNO/c1-10-3-4-12(7-11(10)2)8-15-14-9-13(18)5-6-16(14)19-17(15)20/h3-9H,1-2H3,(H,19,20)/b15-8+. The second-order valence-corrected chi connectivity index (χ2v) is 5.96. The minimum absolute atomic E-state index is 0.0451. The van der Waals surface area contributed by atoms with Gasteiger partial charge >= 0.3 is 0 Å². The van der Waals surface area contributed by atoms with Crippen molar-refractivity contribution in [3.05, 3.63) is 63.1 Å². The maximum Gasteiger partial charge on any atom is 0.256 e. The van der Waals surface area contributed by atoms with Crippen LogP contribution < -0.4 is 5.32 Å². The van der Waals surface area contributed by atoms with E-state index in [1.807, 2.05) is 30.3 Å². The molecule has 20 heavy (non-hydrogen) atoms. The van der Waals surface area contributed by atoms with E-state index in [4.69, 9.17) is 0 Å². The monoisotopic (exact) mass is 327 g/mol. The van der Waals surface area contributed by atoms with E-state index in [1.54, 1.807) is 0 Å². The topological polar surface area (TPSA) is 29.1 Å².